The van der Waals surface area contributed by atoms with Crippen LogP contribution in [0.2, 0.25) is 5.02 Å². The molecule has 0 radical (unpaired) electrons. The van der Waals surface area contributed by atoms with Gasteiger partial charge in [-0.25, -0.2) is 4.98 Å². The Balaban J connectivity index is 1.33. The first-order chi connectivity index (χ1) is 23.4. The van der Waals surface area contributed by atoms with Crippen molar-refractivity contribution < 1.29 is 32.6 Å². The van der Waals surface area contributed by atoms with Crippen molar-refractivity contribution in [2.24, 2.45) is 0 Å². The summed E-state index contributed by atoms with van der Waals surface area (Å²) >= 11 is 5.92. The lowest BCUT2D eigenvalue weighted by Crippen LogP contribution is -2.51. The van der Waals surface area contributed by atoms with Crippen molar-refractivity contribution in [1.29, 1.82) is 0 Å². The standard InChI is InChI=1S/C31H30ClF3N8O5S/c1-2-22-26(40-10-12-41(13-11-40)28(46)25-23(44)4-3-9-36-25)29(47)43-30(38-27(39-43)18-7-14-48-15-8-18)42(22)17-24(45)37-21-6-5-19(16-20(21)32)49-31(33,34)35/h3-7,9,16,44H,2,8,10-15,17H2,1H3,(H,37,45). The fraction of sp³-hybridized carbons (Fsp3) is 0.355. The van der Waals surface area contributed by atoms with Crippen LogP contribution in [0.1, 0.15) is 35.4 Å². The van der Waals surface area contributed by atoms with Gasteiger partial charge in [0.15, 0.2) is 11.5 Å². The summed E-state index contributed by atoms with van der Waals surface area (Å²) in [5.41, 5.74) is -3.32. The van der Waals surface area contributed by atoms with Gasteiger partial charge < -0.3 is 29.5 Å². The number of nitrogens with one attached hydrogen (secondary N) is 1. The summed E-state index contributed by atoms with van der Waals surface area (Å²) in [5, 5.41) is 17.3. The Bertz CT molecular complexity index is 2010. The van der Waals surface area contributed by atoms with Gasteiger partial charge in [-0.1, -0.05) is 24.6 Å². The minimum atomic E-state index is -4.50. The number of benzene rings is 1. The number of pyridine rings is 1. The van der Waals surface area contributed by atoms with Crippen LogP contribution in [0.15, 0.2) is 52.3 Å². The highest BCUT2D eigenvalue weighted by Crippen LogP contribution is 2.39. The number of amides is 2. The Kier molecular flexibility index (Phi) is 9.85. The van der Waals surface area contributed by atoms with E-state index in [1.807, 2.05) is 17.9 Å². The third kappa shape index (κ3) is 7.38. The average Bonchev–Trinajstić information content (AvgIpc) is 3.53. The zero-order valence-electron chi connectivity index (χ0n) is 26.0. The van der Waals surface area contributed by atoms with Crippen LogP contribution in [0.25, 0.3) is 11.4 Å². The lowest BCUT2D eigenvalue weighted by molar-refractivity contribution is -0.116. The summed E-state index contributed by atoms with van der Waals surface area (Å²) in [6, 6.07) is 6.53. The number of carbonyl (C=O) groups excluding carboxylic acids is 2. The molecule has 5 heterocycles. The van der Waals surface area contributed by atoms with Gasteiger partial charge in [-0.2, -0.15) is 22.7 Å². The highest BCUT2D eigenvalue weighted by molar-refractivity contribution is 8.00. The molecule has 13 nitrogen and oxygen atoms in total. The largest absolute Gasteiger partial charge is 0.505 e. The number of hydrogen-bond donors (Lipinski definition) is 2. The quantitative estimate of drug-likeness (QED) is 0.254. The van der Waals surface area contributed by atoms with E-state index in [0.717, 1.165) is 16.2 Å². The molecule has 2 amide bonds. The van der Waals surface area contributed by atoms with Crippen molar-refractivity contribution in [1.82, 2.24) is 29.0 Å². The second kappa shape index (κ2) is 14.1. The maximum Gasteiger partial charge on any atom is 0.446 e. The first-order valence-electron chi connectivity index (χ1n) is 15.3. The first-order valence-corrected chi connectivity index (χ1v) is 16.5. The summed E-state index contributed by atoms with van der Waals surface area (Å²) in [7, 11) is 0. The fourth-order valence-electron chi connectivity index (χ4n) is 5.77. The molecule has 0 bridgehead atoms. The maximum absolute atomic E-state index is 14.1. The van der Waals surface area contributed by atoms with E-state index in [0.29, 0.717) is 43.3 Å². The normalized spacial score (nSPS) is 15.4. The minimum Gasteiger partial charge on any atom is -0.505 e. The van der Waals surface area contributed by atoms with Crippen LogP contribution in [-0.2, 0) is 22.5 Å². The third-order valence-electron chi connectivity index (χ3n) is 8.03. The first kappa shape index (κ1) is 34.3. The number of nitrogens with zero attached hydrogens (tertiary/aromatic N) is 7. The molecule has 49 heavy (non-hydrogen) atoms. The Morgan fingerprint density at radius 2 is 1.94 bits per heavy atom. The van der Waals surface area contributed by atoms with Gasteiger partial charge in [0.25, 0.3) is 11.5 Å². The predicted octanol–water partition coefficient (Wildman–Crippen LogP) is 4.22. The van der Waals surface area contributed by atoms with E-state index in [4.69, 9.17) is 16.3 Å². The van der Waals surface area contributed by atoms with E-state index in [1.54, 1.807) is 9.47 Å². The molecule has 1 saturated heterocycles. The van der Waals surface area contributed by atoms with Crippen LogP contribution >= 0.6 is 23.4 Å². The van der Waals surface area contributed by atoms with Gasteiger partial charge in [-0.3, -0.25) is 14.4 Å². The number of piperazine rings is 1. The minimum absolute atomic E-state index is 0.0635. The number of alkyl halides is 3. The number of hydrogen-bond acceptors (Lipinski definition) is 10. The average molecular weight is 719 g/mol. The molecular formula is C31H30ClF3N8O5S. The number of thioether (sulfide) groups is 1. The molecule has 0 atom stereocenters. The Labute approximate surface area is 286 Å². The maximum atomic E-state index is 14.1. The van der Waals surface area contributed by atoms with Crippen molar-refractivity contribution in [2.45, 2.75) is 36.7 Å². The van der Waals surface area contributed by atoms with Gasteiger partial charge >= 0.3 is 5.51 Å². The number of aromatic nitrogens is 5. The van der Waals surface area contributed by atoms with Crippen molar-refractivity contribution in [3.63, 3.8) is 0 Å². The molecule has 0 aliphatic carbocycles. The lowest BCUT2D eigenvalue weighted by atomic mass is 10.1. The molecule has 0 unspecified atom stereocenters. The Morgan fingerprint density at radius 3 is 2.59 bits per heavy atom. The van der Waals surface area contributed by atoms with Gasteiger partial charge in [0.1, 0.15) is 18.0 Å². The van der Waals surface area contributed by atoms with E-state index in [-0.39, 0.29) is 77.3 Å². The second-order valence-corrected chi connectivity index (χ2v) is 12.7. The molecule has 0 spiro atoms. The van der Waals surface area contributed by atoms with Crippen molar-refractivity contribution in [3.8, 4) is 5.75 Å². The molecule has 2 aliphatic rings. The molecular weight excluding hydrogens is 689 g/mol. The number of carbonyl (C=O) groups is 2. The predicted molar refractivity (Wildman–Crippen MR) is 176 cm³/mol. The van der Waals surface area contributed by atoms with Crippen molar-refractivity contribution in [2.75, 3.05) is 49.6 Å². The molecule has 18 heteroatoms. The number of ether oxygens (including phenoxy) is 1. The topological polar surface area (TPSA) is 147 Å². The van der Waals surface area contributed by atoms with Gasteiger partial charge in [0.2, 0.25) is 11.7 Å². The number of anilines is 2. The molecule has 0 saturated carbocycles. The van der Waals surface area contributed by atoms with Crippen molar-refractivity contribution >= 4 is 57.9 Å². The van der Waals surface area contributed by atoms with E-state index in [2.05, 4.69) is 20.4 Å². The summed E-state index contributed by atoms with van der Waals surface area (Å²) in [6.45, 7) is 3.32. The highest BCUT2D eigenvalue weighted by Gasteiger charge is 2.31. The Morgan fingerprint density at radius 1 is 1.16 bits per heavy atom. The van der Waals surface area contributed by atoms with Gasteiger partial charge in [0.05, 0.1) is 29.6 Å². The Hall–Kier alpha value is -4.61. The molecule has 6 rings (SSSR count). The number of halogens is 4. The van der Waals surface area contributed by atoms with Gasteiger partial charge in [0, 0.05) is 37.3 Å². The monoisotopic (exact) mass is 718 g/mol. The number of rotatable bonds is 8. The summed E-state index contributed by atoms with van der Waals surface area (Å²) in [4.78, 5) is 52.6. The van der Waals surface area contributed by atoms with Crippen LogP contribution in [0.5, 0.6) is 5.75 Å². The number of aromatic hydroxyl groups is 1. The van der Waals surface area contributed by atoms with Gasteiger partial charge in [-0.05, 0) is 60.5 Å². The SMILES string of the molecule is CCc1c(N2CCN(C(=O)c3ncccc3O)CC2)c(=O)n2nc(C3=CCOCC3)nc2n1CC(=O)Nc1ccc(SC(F)(F)F)cc1Cl. The molecule has 4 aromatic rings. The summed E-state index contributed by atoms with van der Waals surface area (Å²) < 4.78 is 46.7. The summed E-state index contributed by atoms with van der Waals surface area (Å²) in [6.07, 6.45) is 4.10. The molecule has 3 aromatic heterocycles. The van der Waals surface area contributed by atoms with E-state index in [1.165, 1.54) is 30.5 Å². The molecule has 2 aliphatic heterocycles. The van der Waals surface area contributed by atoms with Crippen LogP contribution in [0.4, 0.5) is 24.5 Å². The van der Waals surface area contributed by atoms with E-state index >= 15 is 0 Å². The summed E-state index contributed by atoms with van der Waals surface area (Å²) in [5.74, 6) is -0.781. The highest BCUT2D eigenvalue weighted by atomic mass is 35.5. The van der Waals surface area contributed by atoms with Crippen LogP contribution < -0.4 is 15.8 Å². The lowest BCUT2D eigenvalue weighted by Gasteiger charge is -2.36. The zero-order valence-corrected chi connectivity index (χ0v) is 27.6. The fourth-order valence-corrected chi connectivity index (χ4v) is 6.64. The van der Waals surface area contributed by atoms with Crippen molar-refractivity contribution in [3.05, 3.63) is 75.2 Å². The van der Waals surface area contributed by atoms with Crippen LogP contribution in [-0.4, -0.2) is 90.9 Å². The smallest absolute Gasteiger partial charge is 0.446 e. The van der Waals surface area contributed by atoms with Crippen LogP contribution in [0, 0.1) is 0 Å². The molecule has 258 valence electrons. The van der Waals surface area contributed by atoms with E-state index < -0.39 is 22.9 Å². The van der Waals surface area contributed by atoms with Gasteiger partial charge in [-0.15, -0.1) is 5.10 Å². The third-order valence-corrected chi connectivity index (χ3v) is 9.07. The van der Waals surface area contributed by atoms with Crippen LogP contribution in [0.3, 0.4) is 0 Å². The number of fused-ring (bicyclic) bond motifs is 1. The molecule has 1 fully saturated rings. The molecule has 1 aromatic carbocycles. The zero-order chi connectivity index (χ0) is 34.9. The van der Waals surface area contributed by atoms with E-state index in [9.17, 15) is 32.7 Å². The second-order valence-electron chi connectivity index (χ2n) is 11.1. The molecule has 2 N–H and O–H groups in total.